The third-order valence-corrected chi connectivity index (χ3v) is 6.46. The fourth-order valence-corrected chi connectivity index (χ4v) is 4.91. The Labute approximate surface area is 157 Å². The number of nitrogens with zero attached hydrogens (tertiary/aromatic N) is 2. The summed E-state index contributed by atoms with van der Waals surface area (Å²) in [7, 11) is 0. The number of amides is 1. The van der Waals surface area contributed by atoms with Crippen LogP contribution in [0.2, 0.25) is 0 Å². The molecule has 0 bridgehead atoms. The second-order valence-corrected chi connectivity index (χ2v) is 8.70. The number of hydrogen-bond acceptors (Lipinski definition) is 6. The molecule has 4 rings (SSSR count). The van der Waals surface area contributed by atoms with Crippen molar-refractivity contribution in [3.8, 4) is 0 Å². The highest BCUT2D eigenvalue weighted by atomic mass is 32.2. The smallest absolute Gasteiger partial charge is 0.230 e. The van der Waals surface area contributed by atoms with Crippen LogP contribution in [0.1, 0.15) is 10.6 Å². The third kappa shape index (κ3) is 3.40. The lowest BCUT2D eigenvalue weighted by Gasteiger charge is -2.03. The number of anilines is 1. The molecule has 0 spiro atoms. The maximum atomic E-state index is 12.3. The maximum absolute atomic E-state index is 12.3. The molecule has 0 aliphatic rings. The van der Waals surface area contributed by atoms with Gasteiger partial charge in [-0.2, -0.15) is 0 Å². The van der Waals surface area contributed by atoms with Gasteiger partial charge in [0.1, 0.15) is 5.52 Å². The van der Waals surface area contributed by atoms with Crippen molar-refractivity contribution >= 4 is 65.9 Å². The average molecular weight is 386 g/mol. The van der Waals surface area contributed by atoms with Crippen LogP contribution < -0.4 is 5.32 Å². The summed E-state index contributed by atoms with van der Waals surface area (Å²) in [5, 5.41) is 4.58. The lowest BCUT2D eigenvalue weighted by molar-refractivity contribution is -0.115. The summed E-state index contributed by atoms with van der Waals surface area (Å²) < 4.78 is 2.18. The number of aromatic nitrogens is 2. The second kappa shape index (κ2) is 6.74. The van der Waals surface area contributed by atoms with Gasteiger partial charge >= 0.3 is 0 Å². The molecular weight excluding hydrogens is 370 g/mol. The number of aryl methyl sites for hydroxylation is 1. The molecule has 126 valence electrons. The monoisotopic (exact) mass is 385 g/mol. The molecule has 0 aliphatic heterocycles. The van der Waals surface area contributed by atoms with E-state index >= 15 is 0 Å². The van der Waals surface area contributed by atoms with Crippen molar-refractivity contribution in [1.82, 2.24) is 9.97 Å². The third-order valence-electron chi connectivity index (χ3n) is 3.79. The van der Waals surface area contributed by atoms with E-state index in [1.165, 1.54) is 16.2 Å². The number of rotatable bonds is 4. The van der Waals surface area contributed by atoms with Crippen LogP contribution in [0.3, 0.4) is 0 Å². The van der Waals surface area contributed by atoms with Crippen LogP contribution >= 0.6 is 34.4 Å². The Morgan fingerprint density at radius 3 is 2.68 bits per heavy atom. The van der Waals surface area contributed by atoms with Crippen LogP contribution in [-0.4, -0.2) is 22.1 Å². The zero-order valence-corrected chi connectivity index (χ0v) is 16.1. The molecule has 0 aliphatic carbocycles. The van der Waals surface area contributed by atoms with E-state index in [-0.39, 0.29) is 5.91 Å². The Morgan fingerprint density at radius 2 is 1.92 bits per heavy atom. The van der Waals surface area contributed by atoms with Gasteiger partial charge in [-0.15, -0.1) is 23.1 Å². The molecule has 2 aromatic carbocycles. The highest BCUT2D eigenvalue weighted by Crippen LogP contribution is 2.34. The van der Waals surface area contributed by atoms with Gasteiger partial charge < -0.3 is 5.32 Å². The van der Waals surface area contributed by atoms with Crippen molar-refractivity contribution < 1.29 is 4.79 Å². The minimum absolute atomic E-state index is 0.0540. The van der Waals surface area contributed by atoms with Gasteiger partial charge in [-0.25, -0.2) is 9.97 Å². The maximum Gasteiger partial charge on any atom is 0.230 e. The molecule has 0 atom stereocenters. The number of benzene rings is 2. The van der Waals surface area contributed by atoms with E-state index in [9.17, 15) is 4.79 Å². The highest BCUT2D eigenvalue weighted by Gasteiger charge is 2.13. The lowest BCUT2D eigenvalue weighted by Crippen LogP contribution is -2.14. The molecule has 1 N–H and O–H groups in total. The molecule has 0 unspecified atom stereocenters. The quantitative estimate of drug-likeness (QED) is 0.496. The normalized spacial score (nSPS) is 11.3. The van der Waals surface area contributed by atoms with Crippen LogP contribution in [0, 0.1) is 6.92 Å². The second-order valence-electron chi connectivity index (χ2n) is 5.59. The minimum atomic E-state index is -0.0540. The molecule has 0 radical (unpaired) electrons. The summed E-state index contributed by atoms with van der Waals surface area (Å²) in [6, 6.07) is 12.1. The van der Waals surface area contributed by atoms with Gasteiger partial charge in [-0.3, -0.25) is 4.79 Å². The van der Waals surface area contributed by atoms with Crippen molar-refractivity contribution in [3.05, 3.63) is 47.0 Å². The number of thioether (sulfide) groups is 1. The number of carbonyl (C=O) groups is 1. The SMILES string of the molecule is CSc1ccc(CC(=O)Nc2nc3ccc4sc(C)nc4c3s2)cc1. The van der Waals surface area contributed by atoms with Gasteiger partial charge in [0.25, 0.3) is 0 Å². The fraction of sp³-hybridized carbons (Fsp3) is 0.167. The first-order valence-corrected chi connectivity index (χ1v) is 10.6. The van der Waals surface area contributed by atoms with Gasteiger partial charge in [-0.05, 0) is 43.0 Å². The Morgan fingerprint density at radius 1 is 1.12 bits per heavy atom. The zero-order valence-electron chi connectivity index (χ0n) is 13.7. The summed E-state index contributed by atoms with van der Waals surface area (Å²) in [6.45, 7) is 2.00. The summed E-state index contributed by atoms with van der Waals surface area (Å²) in [5.41, 5.74) is 2.85. The van der Waals surface area contributed by atoms with Crippen LogP contribution in [0.15, 0.2) is 41.3 Å². The van der Waals surface area contributed by atoms with Gasteiger partial charge in [0.15, 0.2) is 5.13 Å². The van der Waals surface area contributed by atoms with Crippen LogP contribution in [0.25, 0.3) is 20.4 Å². The molecule has 0 saturated heterocycles. The number of nitrogens with one attached hydrogen (secondary N) is 1. The van der Waals surface area contributed by atoms with E-state index in [2.05, 4.69) is 15.3 Å². The summed E-state index contributed by atoms with van der Waals surface area (Å²) >= 11 is 4.85. The average Bonchev–Trinajstić information content (AvgIpc) is 3.17. The predicted octanol–water partition coefficient (Wildman–Crippen LogP) is 5.12. The number of carbonyl (C=O) groups excluding carboxylic acids is 1. The van der Waals surface area contributed by atoms with Gasteiger partial charge in [0.2, 0.25) is 5.91 Å². The molecule has 25 heavy (non-hydrogen) atoms. The standard InChI is InChI=1S/C18H15N3OS3/c1-10-19-16-14(24-10)8-7-13-17(16)25-18(20-13)21-15(22)9-11-3-5-12(23-2)6-4-11/h3-8H,9H2,1-2H3,(H,20,21,22). The first kappa shape index (κ1) is 16.5. The fourth-order valence-electron chi connectivity index (χ4n) is 2.63. The molecular formula is C18H15N3OS3. The van der Waals surface area contributed by atoms with Crippen LogP contribution in [0.5, 0.6) is 0 Å². The summed E-state index contributed by atoms with van der Waals surface area (Å²) in [5.74, 6) is -0.0540. The van der Waals surface area contributed by atoms with Crippen molar-refractivity contribution in [2.75, 3.05) is 11.6 Å². The highest BCUT2D eigenvalue weighted by molar-refractivity contribution is 7.98. The van der Waals surface area contributed by atoms with E-state index in [0.29, 0.717) is 11.6 Å². The molecule has 4 nitrogen and oxygen atoms in total. The number of hydrogen-bond donors (Lipinski definition) is 1. The molecule has 4 aromatic rings. The van der Waals surface area contributed by atoms with E-state index < -0.39 is 0 Å². The van der Waals surface area contributed by atoms with E-state index in [4.69, 9.17) is 0 Å². The Kier molecular flexibility index (Phi) is 4.45. The minimum Gasteiger partial charge on any atom is -0.302 e. The topological polar surface area (TPSA) is 54.9 Å². The first-order valence-electron chi connectivity index (χ1n) is 7.72. The lowest BCUT2D eigenvalue weighted by atomic mass is 10.1. The van der Waals surface area contributed by atoms with Crippen molar-refractivity contribution in [2.45, 2.75) is 18.2 Å². The summed E-state index contributed by atoms with van der Waals surface area (Å²) in [6.07, 6.45) is 2.38. The van der Waals surface area contributed by atoms with Crippen molar-refractivity contribution in [1.29, 1.82) is 0 Å². The Bertz CT molecular complexity index is 1070. The van der Waals surface area contributed by atoms with Gasteiger partial charge in [-0.1, -0.05) is 23.5 Å². The molecule has 2 heterocycles. The Hall–Kier alpha value is -1.96. The molecule has 0 saturated carbocycles. The van der Waals surface area contributed by atoms with Gasteiger partial charge in [0, 0.05) is 4.90 Å². The first-order chi connectivity index (χ1) is 12.1. The van der Waals surface area contributed by atoms with Crippen LogP contribution in [0.4, 0.5) is 5.13 Å². The van der Waals surface area contributed by atoms with Gasteiger partial charge in [0.05, 0.1) is 26.3 Å². The van der Waals surface area contributed by atoms with E-state index in [1.54, 1.807) is 23.1 Å². The molecule has 7 heteroatoms. The summed E-state index contributed by atoms with van der Waals surface area (Å²) in [4.78, 5) is 22.6. The molecule has 2 aromatic heterocycles. The molecule has 0 fully saturated rings. The zero-order chi connectivity index (χ0) is 17.4. The van der Waals surface area contributed by atoms with Crippen LogP contribution in [-0.2, 0) is 11.2 Å². The van der Waals surface area contributed by atoms with E-state index in [0.717, 1.165) is 31.0 Å². The Balaban J connectivity index is 1.55. The number of fused-ring (bicyclic) bond motifs is 3. The predicted molar refractivity (Wildman–Crippen MR) is 108 cm³/mol. The van der Waals surface area contributed by atoms with E-state index in [1.807, 2.05) is 49.6 Å². The number of thiazole rings is 2. The van der Waals surface area contributed by atoms with Crippen molar-refractivity contribution in [3.63, 3.8) is 0 Å². The largest absolute Gasteiger partial charge is 0.302 e. The molecule has 1 amide bonds. The van der Waals surface area contributed by atoms with Crippen molar-refractivity contribution in [2.24, 2.45) is 0 Å².